The molecule has 5 heteroatoms. The Hall–Kier alpha value is -1.75. The minimum absolute atomic E-state index is 0.0765. The fourth-order valence-corrected chi connectivity index (χ4v) is 1.42. The number of benzene rings is 1. The summed E-state index contributed by atoms with van der Waals surface area (Å²) in [6.45, 7) is 3.84. The van der Waals surface area contributed by atoms with Crippen molar-refractivity contribution in [3.63, 3.8) is 0 Å². The molecule has 5 nitrogen and oxygen atoms in total. The predicted molar refractivity (Wildman–Crippen MR) is 65.6 cm³/mol. The molecule has 0 fully saturated rings. The average molecular weight is 254 g/mol. The molecule has 0 aliphatic carbocycles. The van der Waals surface area contributed by atoms with E-state index in [-0.39, 0.29) is 6.61 Å². The molecule has 0 bridgehead atoms. The van der Waals surface area contributed by atoms with Crippen LogP contribution in [-0.4, -0.2) is 30.9 Å². The Morgan fingerprint density at radius 3 is 2.67 bits per heavy atom. The van der Waals surface area contributed by atoms with Gasteiger partial charge in [-0.15, -0.1) is 0 Å². The molecule has 0 amide bonds. The van der Waals surface area contributed by atoms with Gasteiger partial charge in [0.05, 0.1) is 20.3 Å². The van der Waals surface area contributed by atoms with Crippen LogP contribution in [0.1, 0.15) is 19.4 Å². The van der Waals surface area contributed by atoms with E-state index in [9.17, 15) is 4.79 Å². The summed E-state index contributed by atoms with van der Waals surface area (Å²) in [5.74, 6) is 0.496. The third-order valence-electron chi connectivity index (χ3n) is 2.33. The van der Waals surface area contributed by atoms with Gasteiger partial charge in [-0.1, -0.05) is 6.07 Å². The standard InChI is InChI=1S/C13H18O5/c1-4-17-12-7-10(8-14)5-6-11(12)18-9(2)13(15)16-3/h5-7,9,14H,4,8H2,1-3H3. The number of aliphatic hydroxyl groups is 1. The van der Waals surface area contributed by atoms with Gasteiger partial charge >= 0.3 is 5.97 Å². The molecule has 18 heavy (non-hydrogen) atoms. The van der Waals surface area contributed by atoms with Crippen LogP contribution in [-0.2, 0) is 16.1 Å². The second-order valence-corrected chi connectivity index (χ2v) is 3.66. The monoisotopic (exact) mass is 254 g/mol. The van der Waals surface area contributed by atoms with Gasteiger partial charge in [0.1, 0.15) is 0 Å². The maximum atomic E-state index is 11.3. The van der Waals surface area contributed by atoms with Gasteiger partial charge in [-0.3, -0.25) is 0 Å². The Morgan fingerprint density at radius 2 is 2.11 bits per heavy atom. The summed E-state index contributed by atoms with van der Waals surface area (Å²) in [4.78, 5) is 11.3. The van der Waals surface area contributed by atoms with Crippen molar-refractivity contribution in [2.24, 2.45) is 0 Å². The summed E-state index contributed by atoms with van der Waals surface area (Å²) < 4.78 is 15.5. The van der Waals surface area contributed by atoms with Crippen LogP contribution in [0.5, 0.6) is 11.5 Å². The van der Waals surface area contributed by atoms with E-state index in [0.29, 0.717) is 18.1 Å². The lowest BCUT2D eigenvalue weighted by Gasteiger charge is -2.16. The van der Waals surface area contributed by atoms with Gasteiger partial charge in [0, 0.05) is 0 Å². The molecule has 0 spiro atoms. The van der Waals surface area contributed by atoms with Crippen LogP contribution in [0.25, 0.3) is 0 Å². The van der Waals surface area contributed by atoms with E-state index in [0.717, 1.165) is 5.56 Å². The molecule has 0 aliphatic heterocycles. The van der Waals surface area contributed by atoms with Crippen molar-refractivity contribution >= 4 is 5.97 Å². The van der Waals surface area contributed by atoms with Crippen molar-refractivity contribution in [2.75, 3.05) is 13.7 Å². The van der Waals surface area contributed by atoms with E-state index in [4.69, 9.17) is 14.6 Å². The second-order valence-electron chi connectivity index (χ2n) is 3.66. The third-order valence-corrected chi connectivity index (χ3v) is 2.33. The smallest absolute Gasteiger partial charge is 0.346 e. The van der Waals surface area contributed by atoms with E-state index in [2.05, 4.69) is 4.74 Å². The van der Waals surface area contributed by atoms with Crippen molar-refractivity contribution in [3.8, 4) is 11.5 Å². The van der Waals surface area contributed by atoms with Gasteiger partial charge in [-0.2, -0.15) is 0 Å². The largest absolute Gasteiger partial charge is 0.490 e. The summed E-state index contributed by atoms with van der Waals surface area (Å²) in [7, 11) is 1.31. The molecule has 1 rings (SSSR count). The summed E-state index contributed by atoms with van der Waals surface area (Å²) in [6.07, 6.45) is -0.714. The highest BCUT2D eigenvalue weighted by atomic mass is 16.6. The Kier molecular flexibility index (Phi) is 5.45. The fraction of sp³-hybridized carbons (Fsp3) is 0.462. The quantitative estimate of drug-likeness (QED) is 0.780. The van der Waals surface area contributed by atoms with E-state index in [1.165, 1.54) is 7.11 Å². The zero-order valence-corrected chi connectivity index (χ0v) is 10.8. The first-order chi connectivity index (χ1) is 8.62. The van der Waals surface area contributed by atoms with Crippen LogP contribution in [0.2, 0.25) is 0 Å². The number of ether oxygens (including phenoxy) is 3. The molecule has 0 saturated heterocycles. The van der Waals surface area contributed by atoms with Gasteiger partial charge < -0.3 is 19.3 Å². The molecule has 0 saturated carbocycles. The van der Waals surface area contributed by atoms with Gasteiger partial charge in [-0.25, -0.2) is 4.79 Å². The maximum absolute atomic E-state index is 11.3. The Labute approximate surface area is 106 Å². The summed E-state index contributed by atoms with van der Waals surface area (Å²) in [5.41, 5.74) is 0.719. The van der Waals surface area contributed by atoms with Gasteiger partial charge in [-0.05, 0) is 31.5 Å². The number of rotatable bonds is 6. The minimum Gasteiger partial charge on any atom is -0.490 e. The van der Waals surface area contributed by atoms with Crippen LogP contribution >= 0.6 is 0 Å². The number of carbonyl (C=O) groups excluding carboxylic acids is 1. The van der Waals surface area contributed by atoms with E-state index < -0.39 is 12.1 Å². The fourth-order valence-electron chi connectivity index (χ4n) is 1.42. The Balaban J connectivity index is 2.89. The third kappa shape index (κ3) is 3.63. The molecule has 1 unspecified atom stereocenters. The molecular weight excluding hydrogens is 236 g/mol. The van der Waals surface area contributed by atoms with Crippen LogP contribution < -0.4 is 9.47 Å². The molecule has 0 aliphatic rings. The number of methoxy groups -OCH3 is 1. The summed E-state index contributed by atoms with van der Waals surface area (Å²) in [6, 6.07) is 5.06. The number of carbonyl (C=O) groups is 1. The zero-order chi connectivity index (χ0) is 13.5. The van der Waals surface area contributed by atoms with Gasteiger partial charge in [0.15, 0.2) is 17.6 Å². The molecule has 0 heterocycles. The van der Waals surface area contributed by atoms with Crippen LogP contribution in [0, 0.1) is 0 Å². The number of aliphatic hydroxyl groups excluding tert-OH is 1. The van der Waals surface area contributed by atoms with Crippen molar-refractivity contribution < 1.29 is 24.1 Å². The molecule has 1 N–H and O–H groups in total. The maximum Gasteiger partial charge on any atom is 0.346 e. The predicted octanol–water partition coefficient (Wildman–Crippen LogP) is 1.52. The lowest BCUT2D eigenvalue weighted by Crippen LogP contribution is -2.25. The lowest BCUT2D eigenvalue weighted by atomic mass is 10.2. The SMILES string of the molecule is CCOc1cc(CO)ccc1OC(C)C(=O)OC. The number of hydrogen-bond donors (Lipinski definition) is 1. The van der Waals surface area contributed by atoms with Crippen LogP contribution in [0.4, 0.5) is 0 Å². The first kappa shape index (κ1) is 14.3. The first-order valence-corrected chi connectivity index (χ1v) is 5.73. The van der Waals surface area contributed by atoms with Gasteiger partial charge in [0.2, 0.25) is 0 Å². The van der Waals surface area contributed by atoms with Crippen molar-refractivity contribution in [3.05, 3.63) is 23.8 Å². The average Bonchev–Trinajstić information content (AvgIpc) is 2.39. The topological polar surface area (TPSA) is 65.0 Å². The molecule has 1 aromatic rings. The van der Waals surface area contributed by atoms with Crippen molar-refractivity contribution in [1.82, 2.24) is 0 Å². The van der Waals surface area contributed by atoms with Crippen molar-refractivity contribution in [2.45, 2.75) is 26.6 Å². The molecule has 1 atom stereocenters. The second kappa shape index (κ2) is 6.86. The first-order valence-electron chi connectivity index (χ1n) is 5.73. The summed E-state index contributed by atoms with van der Waals surface area (Å²) in [5, 5.41) is 9.06. The summed E-state index contributed by atoms with van der Waals surface area (Å²) >= 11 is 0. The molecular formula is C13H18O5. The highest BCUT2D eigenvalue weighted by Crippen LogP contribution is 2.29. The number of hydrogen-bond acceptors (Lipinski definition) is 5. The molecule has 100 valence electrons. The Bertz CT molecular complexity index is 402. The van der Waals surface area contributed by atoms with Crippen LogP contribution in [0.15, 0.2) is 18.2 Å². The number of esters is 1. The van der Waals surface area contributed by atoms with Crippen LogP contribution in [0.3, 0.4) is 0 Å². The van der Waals surface area contributed by atoms with E-state index in [1.54, 1.807) is 25.1 Å². The zero-order valence-electron chi connectivity index (χ0n) is 10.8. The van der Waals surface area contributed by atoms with E-state index in [1.807, 2.05) is 6.92 Å². The lowest BCUT2D eigenvalue weighted by molar-refractivity contribution is -0.147. The highest BCUT2D eigenvalue weighted by molar-refractivity contribution is 5.74. The normalized spacial score (nSPS) is 11.8. The highest BCUT2D eigenvalue weighted by Gasteiger charge is 2.17. The van der Waals surface area contributed by atoms with Crippen molar-refractivity contribution in [1.29, 1.82) is 0 Å². The molecule has 0 aromatic heterocycles. The molecule has 0 radical (unpaired) electrons. The Morgan fingerprint density at radius 1 is 1.39 bits per heavy atom. The molecule has 1 aromatic carbocycles. The minimum atomic E-state index is -0.714. The van der Waals surface area contributed by atoms with E-state index >= 15 is 0 Å². The van der Waals surface area contributed by atoms with Gasteiger partial charge in [0.25, 0.3) is 0 Å².